The summed E-state index contributed by atoms with van der Waals surface area (Å²) in [6, 6.07) is 56.1. The number of anilines is 1. The van der Waals surface area contributed by atoms with Crippen LogP contribution in [0.25, 0.3) is 43.5 Å². The van der Waals surface area contributed by atoms with Gasteiger partial charge in [-0.25, -0.2) is 29.0 Å². The number of halogens is 12. The van der Waals surface area contributed by atoms with E-state index in [2.05, 4.69) is 30.7 Å². The maximum atomic E-state index is 10.7. The van der Waals surface area contributed by atoms with E-state index in [9.17, 15) is 47.9 Å². The highest BCUT2D eigenvalue weighted by Gasteiger charge is 2.29. The summed E-state index contributed by atoms with van der Waals surface area (Å²) in [5.74, 6) is -8.77. The van der Waals surface area contributed by atoms with Crippen molar-refractivity contribution in [1.82, 2.24) is 19.9 Å². The molecule has 13 rings (SSSR count). The number of nitrogens with one attached hydrogen (secondary N) is 3. The van der Waals surface area contributed by atoms with E-state index in [1.165, 1.54) is 68.0 Å². The number of methoxy groups -OCH3 is 1. The third-order valence-corrected chi connectivity index (χ3v) is 20.6. The summed E-state index contributed by atoms with van der Waals surface area (Å²) < 4.78 is 19.6. The molecule has 0 spiro atoms. The maximum absolute atomic E-state index is 10.7. The van der Waals surface area contributed by atoms with Crippen LogP contribution in [-0.2, 0) is 75.2 Å². The lowest BCUT2D eigenvalue weighted by Gasteiger charge is -2.21. The van der Waals surface area contributed by atoms with Crippen LogP contribution in [0.3, 0.4) is 0 Å². The Hall–Kier alpha value is -12.3. The Kier molecular flexibility index (Phi) is 74.9. The summed E-state index contributed by atoms with van der Waals surface area (Å²) in [5.41, 5.74) is 12.3. The number of nitrogens with two attached hydrogens (primary N) is 1. The fourth-order valence-corrected chi connectivity index (χ4v) is 13.3. The Balaban J connectivity index is -0.000000286. The molecule has 15 N–H and O–H groups in total. The number of aliphatic carboxylic acids is 8. The second-order valence-electron chi connectivity index (χ2n) is 27.1. The number of aromatic amines is 3. The van der Waals surface area contributed by atoms with E-state index in [1.807, 2.05) is 121 Å². The van der Waals surface area contributed by atoms with E-state index in [0.29, 0.717) is 33.7 Å². The Morgan fingerprint density at radius 2 is 0.923 bits per heavy atom. The highest BCUT2D eigenvalue weighted by Crippen LogP contribution is 2.37. The smallest absolute Gasteiger partial charge is 0.356 e. The fourth-order valence-electron chi connectivity index (χ4n) is 10.8. The molecule has 0 saturated carbocycles. The van der Waals surface area contributed by atoms with Crippen LogP contribution in [0.1, 0.15) is 156 Å². The van der Waals surface area contributed by atoms with E-state index >= 15 is 0 Å². The van der Waals surface area contributed by atoms with Gasteiger partial charge in [0, 0.05) is 74.3 Å². The number of nitrogen functional groups attached to an aromatic ring is 1. The first-order chi connectivity index (χ1) is 62.9. The van der Waals surface area contributed by atoms with Gasteiger partial charge in [-0.15, -0.1) is 11.6 Å². The number of hydrogen-bond donors (Lipinski definition) is 14. The van der Waals surface area contributed by atoms with Crippen LogP contribution in [0.4, 0.5) is 5.69 Å². The summed E-state index contributed by atoms with van der Waals surface area (Å²) in [6.07, 6.45) is 12.5. The van der Waals surface area contributed by atoms with E-state index in [1.54, 1.807) is 67.0 Å². The molecule has 1 unspecified atom stereocenters. The third kappa shape index (κ3) is 52.0. The van der Waals surface area contributed by atoms with Crippen LogP contribution in [-0.4, -0.2) is 162 Å². The minimum Gasteiger partial charge on any atom is -0.494 e. The van der Waals surface area contributed by atoms with Gasteiger partial charge in [-0.1, -0.05) is 323 Å². The first kappa shape index (κ1) is 144. The topological polar surface area (TPSA) is 496 Å². The fraction of sp³-hybridized carbons (Fsp3) is 0.245. The van der Waals surface area contributed by atoms with Crippen molar-refractivity contribution in [2.45, 2.75) is 150 Å². The molecule has 4 aromatic heterocycles. The molecule has 0 amide bonds. The Labute approximate surface area is 892 Å². The van der Waals surface area contributed by atoms with E-state index < -0.39 is 77.6 Å². The zero-order chi connectivity index (χ0) is 99.2. The number of hydrogen-bond acceptors (Lipinski definition) is 16. The van der Waals surface area contributed by atoms with Crippen molar-refractivity contribution in [3.05, 3.63) is 320 Å². The number of para-hydroxylation sites is 2. The van der Waals surface area contributed by atoms with Gasteiger partial charge >= 0.3 is 59.7 Å². The van der Waals surface area contributed by atoms with Crippen molar-refractivity contribution in [1.29, 1.82) is 0 Å². The van der Waals surface area contributed by atoms with Crippen LogP contribution in [0.5, 0.6) is 17.2 Å². The number of aromatic nitrogens is 4. The van der Waals surface area contributed by atoms with Gasteiger partial charge in [-0.05, 0) is 145 Å². The number of nitrogens with zero attached hydrogens (tertiary/aromatic N) is 1. The number of aryl methyl sites for hydroxylation is 1. The quantitative estimate of drug-likeness (QED) is 0.00984. The molecule has 784 valence electrons. The van der Waals surface area contributed by atoms with Gasteiger partial charge in [-0.2, -0.15) is 0 Å². The summed E-state index contributed by atoms with van der Waals surface area (Å²) in [6.45, 7) is 2.17. The highest BCUT2D eigenvalue weighted by molar-refractivity contribution is 6.46. The number of ether oxygens (including phenoxy) is 4. The number of aromatic carboxylic acids is 2. The normalized spacial score (nSPS) is 9.87. The van der Waals surface area contributed by atoms with E-state index in [0.717, 1.165) is 66.8 Å². The van der Waals surface area contributed by atoms with Crippen LogP contribution >= 0.6 is 139 Å². The molecule has 143 heavy (non-hydrogen) atoms. The van der Waals surface area contributed by atoms with Crippen molar-refractivity contribution in [3.63, 3.8) is 0 Å². The number of pyridine rings is 1. The molecule has 29 nitrogen and oxygen atoms in total. The average Bonchev–Trinajstić information content (AvgIpc) is 1.75. The Morgan fingerprint density at radius 3 is 1.43 bits per heavy atom. The number of carbonyl (C=O) groups is 10. The number of alkyl halides is 1. The van der Waals surface area contributed by atoms with Crippen LogP contribution in [0.15, 0.2) is 231 Å². The van der Waals surface area contributed by atoms with Gasteiger partial charge < -0.3 is 90.7 Å². The van der Waals surface area contributed by atoms with Crippen molar-refractivity contribution in [2.24, 2.45) is 0 Å². The molecule has 0 saturated heterocycles. The molecule has 0 aliphatic rings. The van der Waals surface area contributed by atoms with Gasteiger partial charge in [-0.3, -0.25) is 24.0 Å². The number of benzene rings is 9. The van der Waals surface area contributed by atoms with Crippen LogP contribution < -0.4 is 19.9 Å². The molecule has 4 heterocycles. The first-order valence-electron chi connectivity index (χ1n) is 38.2. The maximum Gasteiger partial charge on any atom is 0.356 e. The molecule has 0 bridgehead atoms. The number of allylic oxidation sites excluding steroid dienone is 2. The van der Waals surface area contributed by atoms with E-state index in [-0.39, 0.29) is 176 Å². The predicted molar refractivity (Wildman–Crippen MR) is 585 cm³/mol. The lowest BCUT2D eigenvalue weighted by atomic mass is 10.0. The number of H-pyrrole nitrogens is 3. The molecule has 0 fully saturated rings. The second kappa shape index (κ2) is 74.6. The third-order valence-electron chi connectivity index (χ3n) is 16.8. The van der Waals surface area contributed by atoms with Gasteiger partial charge in [0.05, 0.1) is 85.3 Å². The SMILES string of the molecule is C.C.C.C.C.C.C.C.C.C.CC(C)(Oc1ccc(Cl)cc1)C(=O)O.COc1c(Cl)ccc(Cl)c1C(=O)O.Nc1c(Cl)c(Cl)nc(C(=O)O)c1Cl.O=C(O)CCCc1c[nH]c2ccccc12.O=C(O)CO/C=C/CC(Cl)/C=C/Cl.O=C(O)COc1cc(Cl)c(Cl)cc1Cl.O=C(O)Cc1c[nH]c2cccc(Cl)c12.O=C(O)Cc1c[nH]c2ccccc12.O=C(O)Cc1cccc2ccccc12.O=C(O)Cc1ccccc1. The number of rotatable bonds is 27. The summed E-state index contributed by atoms with van der Waals surface area (Å²) >= 11 is 67.7. The van der Waals surface area contributed by atoms with Gasteiger partial charge in [0.25, 0.3) is 0 Å². The van der Waals surface area contributed by atoms with Crippen molar-refractivity contribution in [2.75, 3.05) is 26.1 Å². The Bertz CT molecular complexity index is 6170. The predicted octanol–water partition coefficient (Wildman–Crippen LogP) is 30.0. The lowest BCUT2D eigenvalue weighted by Crippen LogP contribution is -2.37. The zero-order valence-corrected chi connectivity index (χ0v) is 78.9. The summed E-state index contributed by atoms with van der Waals surface area (Å²) in [7, 11) is 1.34. The summed E-state index contributed by atoms with van der Waals surface area (Å²) in [4.78, 5) is 117. The molecular weight excluding hydrogens is 2100 g/mol. The monoisotopic (exact) mass is 2220 g/mol. The minimum absolute atomic E-state index is 0. The van der Waals surface area contributed by atoms with E-state index in [4.69, 9.17) is 210 Å². The number of carboxylic acid groups (broad SMARTS) is 10. The lowest BCUT2D eigenvalue weighted by molar-refractivity contribution is -0.152. The Morgan fingerprint density at radius 1 is 0.455 bits per heavy atom. The highest BCUT2D eigenvalue weighted by atomic mass is 35.5. The van der Waals surface area contributed by atoms with Gasteiger partial charge in [0.2, 0.25) is 0 Å². The molecule has 41 heteroatoms. The molecular formula is C102H123Cl12N5O24. The number of fused-ring (bicyclic) bond motifs is 4. The standard InChI is InChI=1S/C12H13NO2.C12H10O2.C10H8ClNO2.C10H11ClO3.C10H9NO2.C8H5Cl3O3.C8H6Cl2O3.C8H10Cl2O3.C8H8O2.C6H3Cl3N2O2.10CH4/c14-12(15)7-3-4-9-8-13-11-6-2-1-5-10(9)11;13-12(14)8-10-6-3-5-9-4-1-2-7-11(9)10;11-7-2-1-3-8-10(7)6(5-12-8)4-9(13)14;1-10(2,9(12)13)14-8-5-3-7(11)4-6-8;12-10(13)5-7-6-11-9-4-2-1-3-8(7)9;9-4-1-6(11)7(2-5(4)10)14-3-8(12)13;1-13-7-5(10)3-2-4(9)6(7)8(11)12;9-4-3-7(10)2-1-5-13-6-8(11)12;9-8(10)6-7-4-2-1-3-5-7;7-1-3(10)2(8)5(9)11-4(1)6(12)13;;;;;;;;;;/h1-2,5-6,8,13H,3-4,7H2,(H,14,15);1-7H,8H2,(H,13,14);1-3,5,12H,4H2,(H,13,14);3-6H,1-2H3,(H,12,13);1-4,6,11H,5H2,(H,12,13);1-2H,3H2,(H,12,13);2-3H,1H3,(H,11,12);1,3-5,7H,2,6H2,(H,11,12);1-5H,6H2,(H,9,10);(H2,10,11)(H,12,13);10*1H4/b;;;;;;;4-3+,5-1+;;;;;;;;;;;;. The molecule has 9 aromatic carbocycles. The number of carboxylic acids is 10. The molecule has 0 aliphatic carbocycles. The van der Waals surface area contributed by atoms with Gasteiger partial charge in [0.1, 0.15) is 22.1 Å². The zero-order valence-electron chi connectivity index (χ0n) is 69.8. The van der Waals surface area contributed by atoms with Crippen molar-refractivity contribution < 1.29 is 118 Å². The molecule has 0 aliphatic heterocycles. The largest absolute Gasteiger partial charge is 0.494 e. The van der Waals surface area contributed by atoms with Crippen molar-refractivity contribution in [3.8, 4) is 17.2 Å². The van der Waals surface area contributed by atoms with Crippen LogP contribution in [0, 0.1) is 0 Å². The van der Waals surface area contributed by atoms with Crippen molar-refractivity contribution >= 4 is 248 Å². The average molecular weight is 2230 g/mol. The molecule has 1 atom stereocenters. The van der Waals surface area contributed by atoms with Gasteiger partial charge in [0.15, 0.2) is 35.4 Å². The first-order valence-corrected chi connectivity index (χ1v) is 42.8. The van der Waals surface area contributed by atoms with Crippen LogP contribution in [0.2, 0.25) is 50.4 Å². The minimum atomic E-state index is -1.31. The second-order valence-corrected chi connectivity index (χ2v) is 31.9. The molecule has 13 aromatic rings. The molecule has 0 radical (unpaired) electrons. The summed E-state index contributed by atoms with van der Waals surface area (Å²) in [5, 5.41) is 92.5.